The quantitative estimate of drug-likeness (QED) is 0.714. The molecule has 0 unspecified atom stereocenters. The second kappa shape index (κ2) is 4.40. The molecule has 0 saturated carbocycles. The summed E-state index contributed by atoms with van der Waals surface area (Å²) in [5.74, 6) is 0.137. The number of likely N-dealkylation sites (tertiary alicyclic amines) is 1. The normalized spacial score (nSPS) is 19.9. The second-order valence-corrected chi connectivity index (χ2v) is 19.2. The number of hydrogen-bond acceptors (Lipinski definition) is 1. The molecule has 0 spiro atoms. The van der Waals surface area contributed by atoms with Crippen LogP contribution >= 0.6 is 30.0 Å². The number of carbonyl (C=O) groups is 1. The Morgan fingerprint density at radius 2 is 2.00 bits per heavy atom. The molecule has 0 atom stereocenters. The Hall–Kier alpha value is 0.883. The summed E-state index contributed by atoms with van der Waals surface area (Å²) >= 11 is 0. The van der Waals surface area contributed by atoms with E-state index in [9.17, 15) is 4.79 Å². The van der Waals surface area contributed by atoms with Crippen LogP contribution in [0.15, 0.2) is 0 Å². The van der Waals surface area contributed by atoms with Crippen LogP contribution in [-0.4, -0.2) is 33.2 Å². The monoisotopic (exact) mass is 291 g/mol. The van der Waals surface area contributed by atoms with Crippen molar-refractivity contribution in [3.05, 3.63) is 0 Å². The average molecular weight is 291 g/mol. The van der Waals surface area contributed by atoms with Gasteiger partial charge < -0.3 is 0 Å². The van der Waals surface area contributed by atoms with Crippen molar-refractivity contribution in [1.29, 1.82) is 0 Å². The first-order chi connectivity index (χ1) is 5.49. The zero-order chi connectivity index (χ0) is 9.19. The third kappa shape index (κ3) is 3.73. The van der Waals surface area contributed by atoms with Crippen LogP contribution in [-0.2, 0) is 4.79 Å². The zero-order valence-electron chi connectivity index (χ0n) is 6.52. The number of piperidine rings is 1. The van der Waals surface area contributed by atoms with Gasteiger partial charge >= 0.3 is 87.3 Å². The van der Waals surface area contributed by atoms with Crippen molar-refractivity contribution in [1.82, 2.24) is 4.90 Å². The van der Waals surface area contributed by atoms with Gasteiger partial charge in [0.2, 0.25) is 0 Å². The summed E-state index contributed by atoms with van der Waals surface area (Å²) in [6.07, 6.45) is 2.62. The third-order valence-corrected chi connectivity index (χ3v) is 5.21. The van der Waals surface area contributed by atoms with Crippen LogP contribution in [0.4, 0.5) is 0 Å². The van der Waals surface area contributed by atoms with E-state index in [4.69, 9.17) is 30.0 Å². The van der Waals surface area contributed by atoms with Crippen molar-refractivity contribution in [3.8, 4) is 0 Å². The molecule has 1 saturated heterocycles. The van der Waals surface area contributed by atoms with E-state index < -0.39 is 10.5 Å². The van der Waals surface area contributed by atoms with Crippen LogP contribution in [0.5, 0.6) is 0 Å². The SMILES string of the molecule is O=C1CCCCN1[CH2][Ge]([Cl])([Cl])[Cl]. The van der Waals surface area contributed by atoms with Crippen LogP contribution in [0.1, 0.15) is 19.3 Å². The first-order valence-electron chi connectivity index (χ1n) is 3.83. The van der Waals surface area contributed by atoms with Gasteiger partial charge in [0.25, 0.3) is 0 Å². The van der Waals surface area contributed by atoms with Gasteiger partial charge in [0.05, 0.1) is 0 Å². The van der Waals surface area contributed by atoms with Gasteiger partial charge in [-0.25, -0.2) is 0 Å². The number of hydrogen-bond donors (Lipinski definition) is 0. The summed E-state index contributed by atoms with van der Waals surface area (Å²) in [4.78, 5) is 12.9. The standard InChI is InChI=1S/C6H10Cl3GeNO/c7-10(8,9)5-11-4-2-1-3-6(11)12/h1-5H2. The summed E-state index contributed by atoms with van der Waals surface area (Å²) in [6.45, 7) is 0.762. The van der Waals surface area contributed by atoms with E-state index in [1.807, 2.05) is 0 Å². The van der Waals surface area contributed by atoms with Crippen molar-refractivity contribution < 1.29 is 4.79 Å². The van der Waals surface area contributed by atoms with Gasteiger partial charge in [0.15, 0.2) is 0 Å². The molecule has 1 amide bonds. The number of rotatable bonds is 2. The first kappa shape index (κ1) is 11.0. The van der Waals surface area contributed by atoms with Gasteiger partial charge in [-0.2, -0.15) is 0 Å². The van der Waals surface area contributed by atoms with Crippen molar-refractivity contribution in [2.24, 2.45) is 0 Å². The molecule has 1 aliphatic rings. The van der Waals surface area contributed by atoms with Crippen LogP contribution in [0.2, 0.25) is 0 Å². The summed E-state index contributed by atoms with van der Waals surface area (Å²) in [6, 6.07) is 0. The van der Waals surface area contributed by atoms with Crippen LogP contribution in [0.25, 0.3) is 0 Å². The summed E-state index contributed by atoms with van der Waals surface area (Å²) in [5.41, 5.74) is 0. The molecular weight excluding hydrogens is 281 g/mol. The van der Waals surface area contributed by atoms with E-state index in [2.05, 4.69) is 0 Å². The van der Waals surface area contributed by atoms with Gasteiger partial charge in [-0.3, -0.25) is 0 Å². The molecule has 2 nitrogen and oxygen atoms in total. The van der Waals surface area contributed by atoms with Gasteiger partial charge in [-0.1, -0.05) is 0 Å². The molecule has 6 heteroatoms. The summed E-state index contributed by atoms with van der Waals surface area (Å²) in [5, 5.41) is 0.392. The van der Waals surface area contributed by atoms with Crippen molar-refractivity contribution in [2.45, 2.75) is 19.3 Å². The molecule has 1 fully saturated rings. The number of amides is 1. The van der Waals surface area contributed by atoms with Crippen LogP contribution in [0.3, 0.4) is 0 Å². The Morgan fingerprint density at radius 1 is 1.33 bits per heavy atom. The molecule has 0 N–H and O–H groups in total. The minimum absolute atomic E-state index is 0.137. The van der Waals surface area contributed by atoms with Gasteiger partial charge in [-0.05, 0) is 0 Å². The van der Waals surface area contributed by atoms with Gasteiger partial charge in [0.1, 0.15) is 0 Å². The average Bonchev–Trinajstić information content (AvgIpc) is 1.91. The Labute approximate surface area is 87.1 Å². The second-order valence-electron chi connectivity index (χ2n) is 2.89. The maximum atomic E-state index is 11.3. The van der Waals surface area contributed by atoms with Crippen molar-refractivity contribution in [2.75, 3.05) is 11.9 Å². The zero-order valence-corrected chi connectivity index (χ0v) is 10.9. The van der Waals surface area contributed by atoms with Gasteiger partial charge in [-0.15, -0.1) is 0 Å². The van der Waals surface area contributed by atoms with Crippen LogP contribution < -0.4 is 0 Å². The maximum absolute atomic E-state index is 11.3. The van der Waals surface area contributed by atoms with E-state index >= 15 is 0 Å². The van der Waals surface area contributed by atoms with E-state index in [0.717, 1.165) is 19.4 Å². The predicted molar refractivity (Wildman–Crippen MR) is 53.7 cm³/mol. The molecule has 0 bridgehead atoms. The van der Waals surface area contributed by atoms with E-state index in [1.165, 1.54) is 0 Å². The predicted octanol–water partition coefficient (Wildman–Crippen LogP) is 2.19. The van der Waals surface area contributed by atoms with Crippen LogP contribution in [0, 0.1) is 0 Å². The molecule has 1 heterocycles. The number of halogens is 3. The first-order valence-corrected chi connectivity index (χ1v) is 13.6. The molecule has 0 aromatic rings. The molecule has 0 aromatic carbocycles. The molecule has 0 radical (unpaired) electrons. The molecule has 1 rings (SSSR count). The molecule has 1 aliphatic heterocycles. The van der Waals surface area contributed by atoms with Gasteiger partial charge in [0, 0.05) is 0 Å². The Morgan fingerprint density at radius 3 is 2.50 bits per heavy atom. The number of nitrogens with zero attached hydrogens (tertiary/aromatic N) is 1. The Bertz CT molecular complexity index is 182. The van der Waals surface area contributed by atoms with E-state index in [-0.39, 0.29) is 5.91 Å². The molecule has 12 heavy (non-hydrogen) atoms. The van der Waals surface area contributed by atoms with E-state index in [1.54, 1.807) is 4.90 Å². The topological polar surface area (TPSA) is 20.3 Å². The molecule has 70 valence electrons. The summed E-state index contributed by atoms with van der Waals surface area (Å²) < 4.78 is 0. The number of carbonyl (C=O) groups excluding carboxylic acids is 1. The fraction of sp³-hybridized carbons (Fsp3) is 0.833. The minimum atomic E-state index is -3.13. The van der Waals surface area contributed by atoms with Crippen molar-refractivity contribution in [3.63, 3.8) is 0 Å². The van der Waals surface area contributed by atoms with E-state index in [0.29, 0.717) is 11.8 Å². The summed E-state index contributed by atoms with van der Waals surface area (Å²) in [7, 11) is 14.1. The fourth-order valence-corrected chi connectivity index (χ4v) is 5.10. The Balaban J connectivity index is 2.45. The van der Waals surface area contributed by atoms with Crippen molar-refractivity contribution >= 4 is 46.4 Å². The Kier molecular flexibility index (Phi) is 4.02. The molecule has 0 aliphatic carbocycles. The fourth-order valence-electron chi connectivity index (χ4n) is 1.25. The molecular formula is C6H10Cl3GeNO. The molecule has 0 aromatic heterocycles. The third-order valence-electron chi connectivity index (χ3n) is 1.79.